The molecule has 0 rings (SSSR count). The number of ether oxygens (including phenoxy) is 3. The van der Waals surface area contributed by atoms with Gasteiger partial charge < -0.3 is 14.2 Å². The van der Waals surface area contributed by atoms with Crippen LogP contribution in [0.5, 0.6) is 0 Å². The first-order valence-corrected chi connectivity index (χ1v) is 26.0. The van der Waals surface area contributed by atoms with E-state index in [9.17, 15) is 14.4 Å². The molecule has 0 aromatic carbocycles. The first-order chi connectivity index (χ1) is 28.5. The highest BCUT2D eigenvalue weighted by Crippen LogP contribution is 2.17. The molecule has 0 fully saturated rings. The lowest BCUT2D eigenvalue weighted by atomic mass is 10.0. The third kappa shape index (κ3) is 45.5. The van der Waals surface area contributed by atoms with Gasteiger partial charge in [-0.1, -0.05) is 258 Å². The molecule has 6 heteroatoms. The zero-order valence-corrected chi connectivity index (χ0v) is 39.3. The zero-order chi connectivity index (χ0) is 42.3. The Hall–Kier alpha value is -1.59. The van der Waals surface area contributed by atoms with Crippen molar-refractivity contribution in [2.75, 3.05) is 13.2 Å². The lowest BCUT2D eigenvalue weighted by Crippen LogP contribution is -2.30. The van der Waals surface area contributed by atoms with E-state index >= 15 is 0 Å². The molecular weight excluding hydrogens is 721 g/mol. The molecule has 0 aromatic rings. The second-order valence-corrected chi connectivity index (χ2v) is 17.8. The summed E-state index contributed by atoms with van der Waals surface area (Å²) >= 11 is 0. The highest BCUT2D eigenvalue weighted by molar-refractivity contribution is 5.71. The van der Waals surface area contributed by atoms with Gasteiger partial charge in [-0.05, 0) is 19.3 Å². The van der Waals surface area contributed by atoms with E-state index in [1.165, 1.54) is 199 Å². The van der Waals surface area contributed by atoms with Gasteiger partial charge in [0.15, 0.2) is 6.10 Å². The van der Waals surface area contributed by atoms with Crippen molar-refractivity contribution >= 4 is 17.9 Å². The summed E-state index contributed by atoms with van der Waals surface area (Å²) in [6, 6.07) is 0. The van der Waals surface area contributed by atoms with Gasteiger partial charge in [0.2, 0.25) is 0 Å². The number of hydrogen-bond donors (Lipinski definition) is 0. The van der Waals surface area contributed by atoms with E-state index in [2.05, 4.69) is 20.8 Å². The Morgan fingerprint density at radius 2 is 0.466 bits per heavy atom. The van der Waals surface area contributed by atoms with Gasteiger partial charge in [0.25, 0.3) is 0 Å². The van der Waals surface area contributed by atoms with E-state index in [0.29, 0.717) is 19.3 Å². The molecule has 1 unspecified atom stereocenters. The molecule has 0 bridgehead atoms. The summed E-state index contributed by atoms with van der Waals surface area (Å²) in [5.41, 5.74) is 0. The number of unbranched alkanes of at least 4 members (excludes halogenated alkanes) is 37. The average Bonchev–Trinajstić information content (AvgIpc) is 3.22. The summed E-state index contributed by atoms with van der Waals surface area (Å²) in [5.74, 6) is -0.860. The Labute approximate surface area is 361 Å². The maximum Gasteiger partial charge on any atom is 0.306 e. The van der Waals surface area contributed by atoms with Crippen molar-refractivity contribution in [1.29, 1.82) is 0 Å². The number of rotatable bonds is 48. The highest BCUT2D eigenvalue weighted by Gasteiger charge is 2.19. The summed E-state index contributed by atoms with van der Waals surface area (Å²) in [7, 11) is 0. The van der Waals surface area contributed by atoms with Gasteiger partial charge in [0.05, 0.1) is 0 Å². The van der Waals surface area contributed by atoms with E-state index in [-0.39, 0.29) is 31.1 Å². The molecule has 0 saturated carbocycles. The minimum Gasteiger partial charge on any atom is -0.462 e. The predicted molar refractivity (Wildman–Crippen MR) is 247 cm³/mol. The molecule has 0 aliphatic rings. The summed E-state index contributed by atoms with van der Waals surface area (Å²) in [6.45, 7) is 6.60. The molecule has 0 aliphatic heterocycles. The van der Waals surface area contributed by atoms with Crippen LogP contribution in [0.1, 0.15) is 297 Å². The Morgan fingerprint density at radius 3 is 0.690 bits per heavy atom. The maximum absolute atomic E-state index is 12.6. The molecule has 0 aliphatic carbocycles. The average molecular weight is 821 g/mol. The van der Waals surface area contributed by atoms with E-state index in [1.807, 2.05) is 0 Å². The number of carbonyl (C=O) groups is 3. The maximum atomic E-state index is 12.6. The van der Waals surface area contributed by atoms with Crippen LogP contribution >= 0.6 is 0 Å². The second-order valence-electron chi connectivity index (χ2n) is 17.8. The lowest BCUT2D eigenvalue weighted by Gasteiger charge is -2.18. The zero-order valence-electron chi connectivity index (χ0n) is 39.3. The van der Waals surface area contributed by atoms with Crippen LogP contribution < -0.4 is 0 Å². The Balaban J connectivity index is 3.94. The topological polar surface area (TPSA) is 78.9 Å². The first kappa shape index (κ1) is 56.4. The van der Waals surface area contributed by atoms with Gasteiger partial charge in [-0.3, -0.25) is 14.4 Å². The summed E-state index contributed by atoms with van der Waals surface area (Å²) in [4.78, 5) is 37.5. The first-order valence-electron chi connectivity index (χ1n) is 26.0. The molecule has 0 spiro atoms. The minimum atomic E-state index is -0.757. The molecule has 0 aromatic heterocycles. The van der Waals surface area contributed by atoms with E-state index in [1.54, 1.807) is 0 Å². The fourth-order valence-corrected chi connectivity index (χ4v) is 7.92. The number of carbonyl (C=O) groups excluding carboxylic acids is 3. The minimum absolute atomic E-state index is 0.0634. The fraction of sp³-hybridized carbons (Fsp3) is 0.942. The van der Waals surface area contributed by atoms with Gasteiger partial charge in [0, 0.05) is 19.3 Å². The monoisotopic (exact) mass is 821 g/mol. The largest absolute Gasteiger partial charge is 0.462 e. The third-order valence-electron chi connectivity index (χ3n) is 11.9. The van der Waals surface area contributed by atoms with Crippen LogP contribution in [0.25, 0.3) is 0 Å². The molecule has 58 heavy (non-hydrogen) atoms. The fourth-order valence-electron chi connectivity index (χ4n) is 7.92. The molecule has 0 N–H and O–H groups in total. The second kappa shape index (κ2) is 48.1. The van der Waals surface area contributed by atoms with Crippen molar-refractivity contribution in [3.05, 3.63) is 0 Å². The molecule has 0 heterocycles. The van der Waals surface area contributed by atoms with Gasteiger partial charge >= 0.3 is 17.9 Å². The molecule has 0 saturated heterocycles. The predicted octanol–water partition coefficient (Wildman–Crippen LogP) is 16.8. The van der Waals surface area contributed by atoms with Crippen LogP contribution in [-0.2, 0) is 28.6 Å². The van der Waals surface area contributed by atoms with Crippen molar-refractivity contribution in [3.8, 4) is 0 Å². The van der Waals surface area contributed by atoms with Gasteiger partial charge in [-0.15, -0.1) is 0 Å². The number of esters is 3. The van der Waals surface area contributed by atoms with Crippen LogP contribution in [0.4, 0.5) is 0 Å². The van der Waals surface area contributed by atoms with Crippen LogP contribution in [0.3, 0.4) is 0 Å². The Morgan fingerprint density at radius 1 is 0.276 bits per heavy atom. The van der Waals surface area contributed by atoms with E-state index in [4.69, 9.17) is 14.2 Å². The van der Waals surface area contributed by atoms with E-state index in [0.717, 1.165) is 57.8 Å². The van der Waals surface area contributed by atoms with Gasteiger partial charge in [0.1, 0.15) is 13.2 Å². The Kier molecular flexibility index (Phi) is 46.8. The summed E-state index contributed by atoms with van der Waals surface area (Å²) in [5, 5.41) is 0. The van der Waals surface area contributed by atoms with Crippen molar-refractivity contribution in [3.63, 3.8) is 0 Å². The van der Waals surface area contributed by atoms with Crippen molar-refractivity contribution < 1.29 is 28.6 Å². The van der Waals surface area contributed by atoms with Gasteiger partial charge in [-0.2, -0.15) is 0 Å². The molecule has 344 valence electrons. The highest BCUT2D eigenvalue weighted by atomic mass is 16.6. The van der Waals surface area contributed by atoms with Crippen molar-refractivity contribution in [1.82, 2.24) is 0 Å². The van der Waals surface area contributed by atoms with Crippen molar-refractivity contribution in [2.24, 2.45) is 0 Å². The quantitative estimate of drug-likeness (QED) is 0.0346. The van der Waals surface area contributed by atoms with Crippen LogP contribution in [-0.4, -0.2) is 37.2 Å². The normalized spacial score (nSPS) is 11.8. The smallest absolute Gasteiger partial charge is 0.306 e. The molecular formula is C52H100O6. The van der Waals surface area contributed by atoms with Crippen LogP contribution in [0.15, 0.2) is 0 Å². The van der Waals surface area contributed by atoms with Crippen LogP contribution in [0.2, 0.25) is 0 Å². The SMILES string of the molecule is CCCCCCCCCCCCCCCCCCCCCCCCCCCC(=O)OCC(COC(=O)CCCCCCCC)OC(=O)CCCCCCCCCCC. The molecule has 6 nitrogen and oxygen atoms in total. The molecule has 0 radical (unpaired) electrons. The van der Waals surface area contributed by atoms with E-state index < -0.39 is 6.10 Å². The van der Waals surface area contributed by atoms with Crippen molar-refractivity contribution in [2.45, 2.75) is 303 Å². The third-order valence-corrected chi connectivity index (χ3v) is 11.9. The standard InChI is InChI=1S/C52H100O6/c1-4-7-10-13-16-18-19-20-21-22-23-24-25-26-27-28-29-30-31-32-33-35-36-39-42-45-51(54)57-48-49(47-56-50(53)44-41-38-15-12-9-6-3)58-52(55)46-43-40-37-34-17-14-11-8-5-2/h49H,4-48H2,1-3H3. The number of hydrogen-bond acceptors (Lipinski definition) is 6. The molecule has 0 amide bonds. The Bertz CT molecular complexity index is 859. The van der Waals surface area contributed by atoms with Gasteiger partial charge in [-0.25, -0.2) is 0 Å². The lowest BCUT2D eigenvalue weighted by molar-refractivity contribution is -0.167. The summed E-state index contributed by atoms with van der Waals surface area (Å²) < 4.78 is 16.6. The molecule has 1 atom stereocenters. The summed E-state index contributed by atoms with van der Waals surface area (Å²) in [6.07, 6.45) is 51.4. The van der Waals surface area contributed by atoms with Crippen LogP contribution in [0, 0.1) is 0 Å².